The molecule has 1 aromatic rings. The molecular weight excluding hydrogens is 222 g/mol. The van der Waals surface area contributed by atoms with Crippen LogP contribution in [-0.4, -0.2) is 19.1 Å². The van der Waals surface area contributed by atoms with E-state index in [9.17, 15) is 10.1 Å². The Morgan fingerprint density at radius 2 is 1.76 bits per heavy atom. The molecule has 5 nitrogen and oxygen atoms in total. The molecule has 94 valence electrons. The highest BCUT2D eigenvalue weighted by molar-refractivity contribution is 5.54. The van der Waals surface area contributed by atoms with Crippen LogP contribution in [0, 0.1) is 16.0 Å². The predicted molar refractivity (Wildman–Crippen MR) is 64.7 cm³/mol. The van der Waals surface area contributed by atoms with Crippen molar-refractivity contribution in [3.05, 3.63) is 27.8 Å². The summed E-state index contributed by atoms with van der Waals surface area (Å²) >= 11 is 0. The van der Waals surface area contributed by atoms with Gasteiger partial charge < -0.3 is 9.47 Å². The molecule has 0 saturated heterocycles. The monoisotopic (exact) mass is 239 g/mol. The summed E-state index contributed by atoms with van der Waals surface area (Å²) in [6, 6.07) is 3.09. The Labute approximate surface area is 101 Å². The quantitative estimate of drug-likeness (QED) is 0.585. The van der Waals surface area contributed by atoms with Gasteiger partial charge in [-0.2, -0.15) is 0 Å². The van der Waals surface area contributed by atoms with Crippen molar-refractivity contribution in [3.63, 3.8) is 0 Å². The normalized spacial score (nSPS) is 10.4. The number of methoxy groups -OCH3 is 2. The summed E-state index contributed by atoms with van der Waals surface area (Å²) in [4.78, 5) is 10.6. The third kappa shape index (κ3) is 3.09. The SMILES string of the molecule is COc1cc(CC(C)C)c([N+](=O)[O-])cc1OC. The highest BCUT2D eigenvalue weighted by Crippen LogP contribution is 2.35. The number of ether oxygens (including phenoxy) is 2. The van der Waals surface area contributed by atoms with Gasteiger partial charge in [0.25, 0.3) is 5.69 Å². The van der Waals surface area contributed by atoms with Gasteiger partial charge in [0, 0.05) is 5.56 Å². The van der Waals surface area contributed by atoms with E-state index in [-0.39, 0.29) is 10.6 Å². The Hall–Kier alpha value is -1.78. The van der Waals surface area contributed by atoms with E-state index in [4.69, 9.17) is 9.47 Å². The molecule has 17 heavy (non-hydrogen) atoms. The largest absolute Gasteiger partial charge is 0.493 e. The van der Waals surface area contributed by atoms with Gasteiger partial charge >= 0.3 is 0 Å². The zero-order chi connectivity index (χ0) is 13.0. The van der Waals surface area contributed by atoms with Crippen molar-refractivity contribution < 1.29 is 14.4 Å². The van der Waals surface area contributed by atoms with Crippen LogP contribution in [0.3, 0.4) is 0 Å². The minimum Gasteiger partial charge on any atom is -0.493 e. The van der Waals surface area contributed by atoms with Gasteiger partial charge in [0.15, 0.2) is 11.5 Å². The van der Waals surface area contributed by atoms with E-state index in [0.29, 0.717) is 29.4 Å². The first-order valence-electron chi connectivity index (χ1n) is 5.38. The van der Waals surface area contributed by atoms with Crippen LogP contribution in [0.15, 0.2) is 12.1 Å². The summed E-state index contributed by atoms with van der Waals surface area (Å²) in [5.41, 5.74) is 0.749. The van der Waals surface area contributed by atoms with Gasteiger partial charge in [-0.3, -0.25) is 10.1 Å². The van der Waals surface area contributed by atoms with Crippen molar-refractivity contribution in [1.29, 1.82) is 0 Å². The molecule has 0 radical (unpaired) electrons. The Morgan fingerprint density at radius 3 is 2.18 bits per heavy atom. The lowest BCUT2D eigenvalue weighted by atomic mass is 10.0. The van der Waals surface area contributed by atoms with E-state index in [1.54, 1.807) is 6.07 Å². The zero-order valence-corrected chi connectivity index (χ0v) is 10.5. The lowest BCUT2D eigenvalue weighted by molar-refractivity contribution is -0.385. The van der Waals surface area contributed by atoms with E-state index in [1.165, 1.54) is 20.3 Å². The molecule has 0 aliphatic heterocycles. The van der Waals surface area contributed by atoms with Crippen LogP contribution in [0.5, 0.6) is 11.5 Å². The molecule has 0 heterocycles. The Bertz CT molecular complexity index is 415. The van der Waals surface area contributed by atoms with Gasteiger partial charge in [-0.25, -0.2) is 0 Å². The van der Waals surface area contributed by atoms with Crippen molar-refractivity contribution in [2.24, 2.45) is 5.92 Å². The molecule has 0 aliphatic rings. The number of hydrogen-bond acceptors (Lipinski definition) is 4. The Morgan fingerprint density at radius 1 is 1.24 bits per heavy atom. The van der Waals surface area contributed by atoms with Crippen molar-refractivity contribution in [2.75, 3.05) is 14.2 Å². The van der Waals surface area contributed by atoms with E-state index in [0.717, 1.165) is 0 Å². The van der Waals surface area contributed by atoms with E-state index >= 15 is 0 Å². The summed E-state index contributed by atoms with van der Waals surface area (Å²) < 4.78 is 10.2. The van der Waals surface area contributed by atoms with Crippen LogP contribution in [0.1, 0.15) is 19.4 Å². The average Bonchev–Trinajstić information content (AvgIpc) is 2.27. The number of nitro benzene ring substituents is 1. The highest BCUT2D eigenvalue weighted by atomic mass is 16.6. The fraction of sp³-hybridized carbons (Fsp3) is 0.500. The van der Waals surface area contributed by atoms with Crippen LogP contribution >= 0.6 is 0 Å². The fourth-order valence-corrected chi connectivity index (χ4v) is 1.68. The third-order valence-electron chi connectivity index (χ3n) is 2.41. The molecule has 0 amide bonds. The lowest BCUT2D eigenvalue weighted by Crippen LogP contribution is -2.02. The van der Waals surface area contributed by atoms with Crippen molar-refractivity contribution in [3.8, 4) is 11.5 Å². The fourth-order valence-electron chi connectivity index (χ4n) is 1.68. The number of nitrogens with zero attached hydrogens (tertiary/aromatic N) is 1. The molecule has 0 aromatic heterocycles. The standard InChI is InChI=1S/C12H17NO4/c1-8(2)5-9-6-11(16-3)12(17-4)7-10(9)13(14)15/h6-8H,5H2,1-4H3. The van der Waals surface area contributed by atoms with E-state index < -0.39 is 0 Å². The van der Waals surface area contributed by atoms with Gasteiger partial charge in [-0.05, 0) is 18.4 Å². The van der Waals surface area contributed by atoms with Crippen LogP contribution < -0.4 is 9.47 Å². The molecule has 0 spiro atoms. The van der Waals surface area contributed by atoms with Gasteiger partial charge in [0.2, 0.25) is 0 Å². The first kappa shape index (κ1) is 13.3. The van der Waals surface area contributed by atoms with Gasteiger partial charge in [-0.15, -0.1) is 0 Å². The summed E-state index contributed by atoms with van der Waals surface area (Å²) in [5, 5.41) is 11.0. The van der Waals surface area contributed by atoms with Gasteiger partial charge in [0.05, 0.1) is 25.2 Å². The summed E-state index contributed by atoms with van der Waals surface area (Å²) in [5.74, 6) is 1.24. The minimum absolute atomic E-state index is 0.0800. The Kier molecular flexibility index (Phi) is 4.31. The molecule has 0 N–H and O–H groups in total. The molecule has 0 saturated carbocycles. The lowest BCUT2D eigenvalue weighted by Gasteiger charge is -2.11. The number of benzene rings is 1. The second kappa shape index (κ2) is 5.52. The smallest absolute Gasteiger partial charge is 0.276 e. The van der Waals surface area contributed by atoms with E-state index in [1.807, 2.05) is 13.8 Å². The van der Waals surface area contributed by atoms with Crippen molar-refractivity contribution >= 4 is 5.69 Å². The van der Waals surface area contributed by atoms with Crippen molar-refractivity contribution in [2.45, 2.75) is 20.3 Å². The highest BCUT2D eigenvalue weighted by Gasteiger charge is 2.19. The number of rotatable bonds is 5. The summed E-state index contributed by atoms with van der Waals surface area (Å²) in [6.45, 7) is 4.03. The third-order valence-corrected chi connectivity index (χ3v) is 2.41. The number of hydrogen-bond donors (Lipinski definition) is 0. The molecule has 1 aromatic carbocycles. The predicted octanol–water partition coefficient (Wildman–Crippen LogP) is 2.81. The maximum Gasteiger partial charge on any atom is 0.276 e. The maximum atomic E-state index is 11.0. The molecule has 0 unspecified atom stereocenters. The van der Waals surface area contributed by atoms with Crippen LogP contribution in [0.25, 0.3) is 0 Å². The Balaban J connectivity index is 3.29. The summed E-state index contributed by atoms with van der Waals surface area (Å²) in [6.07, 6.45) is 0.636. The molecule has 1 rings (SSSR count). The van der Waals surface area contributed by atoms with E-state index in [2.05, 4.69) is 0 Å². The zero-order valence-electron chi connectivity index (χ0n) is 10.5. The number of nitro groups is 1. The van der Waals surface area contributed by atoms with Gasteiger partial charge in [0.1, 0.15) is 0 Å². The molecule has 0 atom stereocenters. The molecule has 0 aliphatic carbocycles. The first-order valence-corrected chi connectivity index (χ1v) is 5.38. The van der Waals surface area contributed by atoms with Crippen LogP contribution in [0.4, 0.5) is 5.69 Å². The van der Waals surface area contributed by atoms with Crippen molar-refractivity contribution in [1.82, 2.24) is 0 Å². The second-order valence-electron chi connectivity index (χ2n) is 4.19. The molecule has 5 heteroatoms. The minimum atomic E-state index is -0.389. The second-order valence-corrected chi connectivity index (χ2v) is 4.19. The van der Waals surface area contributed by atoms with Crippen LogP contribution in [-0.2, 0) is 6.42 Å². The molecular formula is C12H17NO4. The maximum absolute atomic E-state index is 11.0. The first-order chi connectivity index (χ1) is 7.99. The summed E-state index contributed by atoms with van der Waals surface area (Å²) in [7, 11) is 2.98. The topological polar surface area (TPSA) is 61.6 Å². The molecule has 0 bridgehead atoms. The van der Waals surface area contributed by atoms with Crippen LogP contribution in [0.2, 0.25) is 0 Å². The van der Waals surface area contributed by atoms with Gasteiger partial charge in [-0.1, -0.05) is 13.8 Å². The average molecular weight is 239 g/mol. The molecule has 0 fully saturated rings.